The molecule has 3 N–H and O–H groups in total. The predicted molar refractivity (Wildman–Crippen MR) is 70.3 cm³/mol. The molecule has 0 saturated carbocycles. The van der Waals surface area contributed by atoms with Crippen LogP contribution in [0.3, 0.4) is 0 Å². The van der Waals surface area contributed by atoms with E-state index in [4.69, 9.17) is 31.6 Å². The van der Waals surface area contributed by atoms with E-state index < -0.39 is 5.97 Å². The fraction of sp³-hybridized carbons (Fsp3) is 0.300. The van der Waals surface area contributed by atoms with Crippen molar-refractivity contribution in [2.75, 3.05) is 6.54 Å². The number of rotatable bonds is 8. The van der Waals surface area contributed by atoms with E-state index in [0.29, 0.717) is 24.9 Å². The van der Waals surface area contributed by atoms with Gasteiger partial charge in [0.2, 0.25) is 0 Å². The summed E-state index contributed by atoms with van der Waals surface area (Å²) in [4.78, 5) is 25.5. The van der Waals surface area contributed by atoms with E-state index in [-0.39, 0.29) is 17.1 Å². The quantitative estimate of drug-likeness (QED) is 0.322. The molecule has 0 radical (unpaired) electrons. The van der Waals surface area contributed by atoms with Crippen molar-refractivity contribution in [1.29, 1.82) is 0 Å². The van der Waals surface area contributed by atoms with Crippen LogP contribution in [0.4, 0.5) is 0 Å². The number of aromatic carboxylic acids is 1. The van der Waals surface area contributed by atoms with Gasteiger partial charge in [-0.1, -0.05) is 0 Å². The summed E-state index contributed by atoms with van der Waals surface area (Å²) in [6.07, 6.45) is 0.884. The second-order valence-corrected chi connectivity index (χ2v) is 3.67. The summed E-state index contributed by atoms with van der Waals surface area (Å²) in [6, 6.07) is 2.34. The summed E-state index contributed by atoms with van der Waals surface area (Å²) in [5, 5.41) is 14.9. The summed E-state index contributed by atoms with van der Waals surface area (Å²) < 4.78 is 0. The highest BCUT2D eigenvalue weighted by molar-refractivity contribution is 5.89. The monoisotopic (exact) mass is 293 g/mol. The predicted octanol–water partition coefficient (Wildman–Crippen LogP) is 2.48. The number of nitrogens with two attached hydrogens (primary N) is 1. The van der Waals surface area contributed by atoms with Gasteiger partial charge in [0.05, 0.1) is 5.56 Å². The lowest BCUT2D eigenvalue weighted by atomic mass is 10.0. The fourth-order valence-electron chi connectivity index (χ4n) is 1.56. The van der Waals surface area contributed by atoms with Crippen molar-refractivity contribution in [3.05, 3.63) is 44.1 Å². The largest absolute Gasteiger partial charge is 0.478 e. The Morgan fingerprint density at radius 1 is 1.24 bits per heavy atom. The first-order chi connectivity index (χ1) is 10.1. The molecule has 0 heterocycles. The summed E-state index contributed by atoms with van der Waals surface area (Å²) in [6.45, 7) is 0.364. The van der Waals surface area contributed by atoms with Gasteiger partial charge >= 0.3 is 5.97 Å². The number of nitrogens with zero attached hydrogens (tertiary/aromatic N) is 6. The lowest BCUT2D eigenvalue weighted by Gasteiger charge is -2.12. The van der Waals surface area contributed by atoms with Gasteiger partial charge in [0.25, 0.3) is 0 Å². The van der Waals surface area contributed by atoms with Crippen LogP contribution in [-0.4, -0.2) is 17.6 Å². The summed E-state index contributed by atoms with van der Waals surface area (Å²) >= 11 is 0. The minimum Gasteiger partial charge on any atom is -0.478 e. The van der Waals surface area contributed by atoms with Crippen LogP contribution >= 0.6 is 0 Å². The molecule has 0 fully saturated rings. The standard InChI is InChI=1S/C10H11N7O4/c11-3-1-2-7-8(20-16-14-12)4-6(10(18)19)5-9(7)21-17-15-13/h4-5H,1-3,11H2,(H,18,19). The second kappa shape index (κ2) is 8.12. The third-order valence-corrected chi connectivity index (χ3v) is 2.40. The summed E-state index contributed by atoms with van der Waals surface area (Å²) in [5.41, 5.74) is 22.2. The molecule has 0 aliphatic heterocycles. The third-order valence-electron chi connectivity index (χ3n) is 2.40. The van der Waals surface area contributed by atoms with Crippen LogP contribution in [0.25, 0.3) is 20.9 Å². The lowest BCUT2D eigenvalue weighted by molar-refractivity contribution is 0.0695. The Bertz CT molecular complexity index is 579. The van der Waals surface area contributed by atoms with Crippen molar-refractivity contribution in [2.24, 2.45) is 16.3 Å². The Morgan fingerprint density at radius 2 is 1.76 bits per heavy atom. The van der Waals surface area contributed by atoms with Crippen molar-refractivity contribution < 1.29 is 19.6 Å². The number of hydrogen-bond acceptors (Lipinski definition) is 6. The highest BCUT2D eigenvalue weighted by Gasteiger charge is 2.16. The Hall–Kier alpha value is -3.13. The number of azide groups is 2. The highest BCUT2D eigenvalue weighted by Crippen LogP contribution is 2.32. The average molecular weight is 293 g/mol. The van der Waals surface area contributed by atoms with Gasteiger partial charge in [0.15, 0.2) is 0 Å². The molecule has 1 rings (SSSR count). The second-order valence-electron chi connectivity index (χ2n) is 3.67. The molecular weight excluding hydrogens is 282 g/mol. The third kappa shape index (κ3) is 4.48. The molecule has 11 heteroatoms. The zero-order chi connectivity index (χ0) is 15.7. The van der Waals surface area contributed by atoms with E-state index in [2.05, 4.69) is 20.4 Å². The van der Waals surface area contributed by atoms with E-state index >= 15 is 0 Å². The maximum absolute atomic E-state index is 11.0. The van der Waals surface area contributed by atoms with Crippen LogP contribution in [-0.2, 0) is 6.42 Å². The number of hydrogen-bond donors (Lipinski definition) is 2. The molecule has 0 atom stereocenters. The number of carboxylic acids is 1. The molecule has 1 aromatic carbocycles. The Morgan fingerprint density at radius 3 is 2.14 bits per heavy atom. The molecule has 0 unspecified atom stereocenters. The van der Waals surface area contributed by atoms with E-state index in [9.17, 15) is 4.79 Å². The molecule has 0 aliphatic carbocycles. The normalized spacial score (nSPS) is 9.19. The zero-order valence-electron chi connectivity index (χ0n) is 10.7. The Kier molecular flexibility index (Phi) is 6.16. The molecular formula is C10H11N7O4. The van der Waals surface area contributed by atoms with Crippen LogP contribution in [0, 0.1) is 0 Å². The van der Waals surface area contributed by atoms with Gasteiger partial charge in [0.1, 0.15) is 22.1 Å². The lowest BCUT2D eigenvalue weighted by Crippen LogP contribution is -2.05. The Balaban J connectivity index is 3.38. The van der Waals surface area contributed by atoms with E-state index in [1.807, 2.05) is 0 Å². The molecule has 0 spiro atoms. The average Bonchev–Trinajstić information content (AvgIpc) is 2.48. The minimum absolute atomic E-state index is 0.00992. The van der Waals surface area contributed by atoms with Gasteiger partial charge in [-0.05, 0) is 42.6 Å². The van der Waals surface area contributed by atoms with Gasteiger partial charge in [-0.25, -0.2) is 4.79 Å². The molecule has 0 aromatic heterocycles. The van der Waals surface area contributed by atoms with Crippen LogP contribution in [0.1, 0.15) is 22.3 Å². The van der Waals surface area contributed by atoms with Gasteiger partial charge in [-0.3, -0.25) is 0 Å². The van der Waals surface area contributed by atoms with Gasteiger partial charge in [-0.15, -0.1) is 0 Å². The summed E-state index contributed by atoms with van der Waals surface area (Å²) in [7, 11) is 0. The molecule has 110 valence electrons. The molecule has 11 nitrogen and oxygen atoms in total. The van der Waals surface area contributed by atoms with Crippen LogP contribution in [0.5, 0.6) is 11.5 Å². The topological polar surface area (TPSA) is 179 Å². The first-order valence-electron chi connectivity index (χ1n) is 5.67. The van der Waals surface area contributed by atoms with Crippen molar-refractivity contribution in [2.45, 2.75) is 12.8 Å². The van der Waals surface area contributed by atoms with Crippen molar-refractivity contribution in [1.82, 2.24) is 0 Å². The molecule has 0 aliphatic rings. The van der Waals surface area contributed by atoms with Crippen LogP contribution in [0.2, 0.25) is 0 Å². The maximum atomic E-state index is 11.0. The van der Waals surface area contributed by atoms with Crippen molar-refractivity contribution in [3.63, 3.8) is 0 Å². The van der Waals surface area contributed by atoms with Gasteiger partial charge < -0.3 is 20.5 Å². The van der Waals surface area contributed by atoms with E-state index in [1.54, 1.807) is 0 Å². The fourth-order valence-corrected chi connectivity index (χ4v) is 1.56. The smallest absolute Gasteiger partial charge is 0.335 e. The number of benzene rings is 1. The first-order valence-corrected chi connectivity index (χ1v) is 5.67. The van der Waals surface area contributed by atoms with Crippen LogP contribution in [0.15, 0.2) is 22.7 Å². The van der Waals surface area contributed by atoms with Crippen molar-refractivity contribution >= 4 is 5.97 Å². The first kappa shape index (κ1) is 15.9. The van der Waals surface area contributed by atoms with E-state index in [0.717, 1.165) is 0 Å². The SMILES string of the molecule is [N-]=[N+]=NOc1cc(C(=O)O)cc(ON=[N+]=[N-])c1CCCN. The zero-order valence-corrected chi connectivity index (χ0v) is 10.7. The molecule has 0 amide bonds. The van der Waals surface area contributed by atoms with Gasteiger partial charge in [-0.2, -0.15) is 0 Å². The van der Waals surface area contributed by atoms with Gasteiger partial charge in [0, 0.05) is 15.4 Å². The summed E-state index contributed by atoms with van der Waals surface area (Å²) in [5.74, 6) is -1.27. The van der Waals surface area contributed by atoms with Crippen molar-refractivity contribution in [3.8, 4) is 11.5 Å². The Labute approximate surface area is 118 Å². The molecule has 1 aromatic rings. The minimum atomic E-state index is -1.25. The van der Waals surface area contributed by atoms with Crippen LogP contribution < -0.4 is 15.4 Å². The molecule has 21 heavy (non-hydrogen) atoms. The number of carboxylic acid groups (broad SMARTS) is 1. The van der Waals surface area contributed by atoms with E-state index in [1.165, 1.54) is 12.1 Å². The maximum Gasteiger partial charge on any atom is 0.335 e. The molecule has 0 bridgehead atoms. The highest BCUT2D eigenvalue weighted by atomic mass is 16.7. The number of carbonyl (C=O) groups is 1. The molecule has 0 saturated heterocycles.